The second-order valence-corrected chi connectivity index (χ2v) is 5.83. The molecular formula is C16H31ClN4. The van der Waals surface area contributed by atoms with Crippen LogP contribution in [-0.2, 0) is 6.54 Å². The molecule has 0 fully saturated rings. The number of halogens is 1. The number of hydrogen-bond donors (Lipinski definition) is 1. The summed E-state index contributed by atoms with van der Waals surface area (Å²) in [7, 11) is 0. The molecule has 0 aliphatic heterocycles. The lowest BCUT2D eigenvalue weighted by Gasteiger charge is -2.24. The van der Waals surface area contributed by atoms with Crippen molar-refractivity contribution in [3.63, 3.8) is 0 Å². The highest BCUT2D eigenvalue weighted by Crippen LogP contribution is 2.26. The van der Waals surface area contributed by atoms with Crippen LogP contribution in [0.4, 0.5) is 0 Å². The van der Waals surface area contributed by atoms with E-state index in [0.717, 1.165) is 62.7 Å². The summed E-state index contributed by atoms with van der Waals surface area (Å²) in [6.07, 6.45) is 5.05. The van der Waals surface area contributed by atoms with E-state index in [1.165, 1.54) is 0 Å². The Labute approximate surface area is 134 Å². The largest absolute Gasteiger partial charge is 0.309 e. The van der Waals surface area contributed by atoms with Gasteiger partial charge < -0.3 is 10.2 Å². The zero-order chi connectivity index (χ0) is 15.7. The summed E-state index contributed by atoms with van der Waals surface area (Å²) in [6.45, 7) is 14.0. The van der Waals surface area contributed by atoms with Gasteiger partial charge in [-0.2, -0.15) is 5.10 Å². The standard InChI is InChI=1S/C16H31ClN4/c1-5-10-18-15(9-12-20(7-3)8-4)16-14(17)13-19-21(16)11-6-2/h13,15,18H,5-12H2,1-4H3. The highest BCUT2D eigenvalue weighted by atomic mass is 35.5. The maximum absolute atomic E-state index is 6.40. The van der Waals surface area contributed by atoms with E-state index in [-0.39, 0.29) is 6.04 Å². The summed E-state index contributed by atoms with van der Waals surface area (Å²) in [5.41, 5.74) is 1.15. The number of aryl methyl sites for hydroxylation is 1. The van der Waals surface area contributed by atoms with E-state index in [9.17, 15) is 0 Å². The summed E-state index contributed by atoms with van der Waals surface area (Å²) in [5, 5.41) is 8.86. The highest BCUT2D eigenvalue weighted by Gasteiger charge is 2.20. The van der Waals surface area contributed by atoms with E-state index < -0.39 is 0 Å². The van der Waals surface area contributed by atoms with Crippen molar-refractivity contribution in [1.82, 2.24) is 20.0 Å². The predicted molar refractivity (Wildman–Crippen MR) is 91.0 cm³/mol. The lowest BCUT2D eigenvalue weighted by molar-refractivity contribution is 0.278. The third-order valence-corrected chi connectivity index (χ3v) is 4.16. The van der Waals surface area contributed by atoms with Gasteiger partial charge in [-0.15, -0.1) is 0 Å². The lowest BCUT2D eigenvalue weighted by Crippen LogP contribution is -2.31. The Balaban J connectivity index is 2.83. The molecule has 1 unspecified atom stereocenters. The van der Waals surface area contributed by atoms with Crippen LogP contribution >= 0.6 is 11.6 Å². The average molecular weight is 315 g/mol. The van der Waals surface area contributed by atoms with Crippen LogP contribution in [-0.4, -0.2) is 40.9 Å². The smallest absolute Gasteiger partial charge is 0.0834 e. The van der Waals surface area contributed by atoms with Crippen LogP contribution in [0.1, 0.15) is 58.7 Å². The Kier molecular flexibility index (Phi) is 8.97. The van der Waals surface area contributed by atoms with Crippen LogP contribution in [0.3, 0.4) is 0 Å². The molecule has 0 amide bonds. The van der Waals surface area contributed by atoms with E-state index in [1.807, 2.05) is 0 Å². The molecule has 21 heavy (non-hydrogen) atoms. The highest BCUT2D eigenvalue weighted by molar-refractivity contribution is 6.31. The van der Waals surface area contributed by atoms with Crippen molar-refractivity contribution in [2.45, 2.75) is 59.5 Å². The molecule has 0 saturated heterocycles. The average Bonchev–Trinajstić information content (AvgIpc) is 2.85. The molecule has 1 heterocycles. The van der Waals surface area contributed by atoms with E-state index in [1.54, 1.807) is 6.20 Å². The normalized spacial score (nSPS) is 13.0. The molecule has 0 aromatic carbocycles. The number of aromatic nitrogens is 2. The van der Waals surface area contributed by atoms with Gasteiger partial charge in [0.05, 0.1) is 23.0 Å². The van der Waals surface area contributed by atoms with Gasteiger partial charge in [0.1, 0.15) is 0 Å². The molecule has 4 nitrogen and oxygen atoms in total. The predicted octanol–water partition coefficient (Wildman–Crippen LogP) is 3.72. The quantitative estimate of drug-likeness (QED) is 0.676. The maximum Gasteiger partial charge on any atom is 0.0834 e. The van der Waals surface area contributed by atoms with Gasteiger partial charge in [0, 0.05) is 6.54 Å². The second kappa shape index (κ2) is 10.2. The van der Waals surface area contributed by atoms with Gasteiger partial charge in [0.2, 0.25) is 0 Å². The first kappa shape index (κ1) is 18.5. The summed E-state index contributed by atoms with van der Waals surface area (Å²) in [5.74, 6) is 0. The maximum atomic E-state index is 6.40. The van der Waals surface area contributed by atoms with Crippen LogP contribution in [0, 0.1) is 0 Å². The summed E-state index contributed by atoms with van der Waals surface area (Å²) in [4.78, 5) is 2.45. The molecule has 0 aliphatic carbocycles. The third kappa shape index (κ3) is 5.61. The fourth-order valence-electron chi connectivity index (χ4n) is 2.61. The number of nitrogens with one attached hydrogen (secondary N) is 1. The van der Waals surface area contributed by atoms with E-state index in [4.69, 9.17) is 11.6 Å². The molecule has 1 N–H and O–H groups in total. The van der Waals surface area contributed by atoms with Crippen molar-refractivity contribution in [2.75, 3.05) is 26.2 Å². The Bertz CT molecular complexity index is 388. The van der Waals surface area contributed by atoms with Gasteiger partial charge in [-0.05, 0) is 45.4 Å². The van der Waals surface area contributed by atoms with E-state index >= 15 is 0 Å². The summed E-state index contributed by atoms with van der Waals surface area (Å²) < 4.78 is 2.07. The van der Waals surface area contributed by atoms with Gasteiger partial charge >= 0.3 is 0 Å². The molecule has 0 spiro atoms. The molecule has 1 rings (SSSR count). The van der Waals surface area contributed by atoms with Crippen molar-refractivity contribution in [2.24, 2.45) is 0 Å². The number of hydrogen-bond acceptors (Lipinski definition) is 3. The minimum Gasteiger partial charge on any atom is -0.309 e. The molecule has 0 aliphatic rings. The Morgan fingerprint density at radius 3 is 2.52 bits per heavy atom. The van der Waals surface area contributed by atoms with Crippen molar-refractivity contribution >= 4 is 11.6 Å². The third-order valence-electron chi connectivity index (χ3n) is 3.87. The molecule has 122 valence electrons. The van der Waals surface area contributed by atoms with Gasteiger partial charge in [-0.1, -0.05) is 39.3 Å². The number of rotatable bonds is 11. The first-order valence-electron chi connectivity index (χ1n) is 8.34. The molecule has 1 aromatic rings. The molecule has 0 saturated carbocycles. The molecule has 1 atom stereocenters. The van der Waals surface area contributed by atoms with Crippen molar-refractivity contribution in [1.29, 1.82) is 0 Å². The van der Waals surface area contributed by atoms with Crippen molar-refractivity contribution in [3.8, 4) is 0 Å². The fourth-order valence-corrected chi connectivity index (χ4v) is 2.89. The van der Waals surface area contributed by atoms with Crippen LogP contribution in [0.25, 0.3) is 0 Å². The summed E-state index contributed by atoms with van der Waals surface area (Å²) in [6, 6.07) is 0.284. The zero-order valence-electron chi connectivity index (χ0n) is 14.0. The van der Waals surface area contributed by atoms with E-state index in [0.29, 0.717) is 0 Å². The van der Waals surface area contributed by atoms with Gasteiger partial charge in [0.15, 0.2) is 0 Å². The molecule has 5 heteroatoms. The first-order chi connectivity index (χ1) is 10.2. The molecule has 0 bridgehead atoms. The Morgan fingerprint density at radius 2 is 1.95 bits per heavy atom. The van der Waals surface area contributed by atoms with Crippen LogP contribution in [0.5, 0.6) is 0 Å². The lowest BCUT2D eigenvalue weighted by atomic mass is 10.1. The van der Waals surface area contributed by atoms with Crippen molar-refractivity contribution in [3.05, 3.63) is 16.9 Å². The van der Waals surface area contributed by atoms with Gasteiger partial charge in [-0.3, -0.25) is 4.68 Å². The second-order valence-electron chi connectivity index (χ2n) is 5.42. The Morgan fingerprint density at radius 1 is 1.24 bits per heavy atom. The number of nitrogens with zero attached hydrogens (tertiary/aromatic N) is 3. The monoisotopic (exact) mass is 314 g/mol. The van der Waals surface area contributed by atoms with Crippen LogP contribution < -0.4 is 5.32 Å². The van der Waals surface area contributed by atoms with Crippen LogP contribution in [0.2, 0.25) is 5.02 Å². The first-order valence-corrected chi connectivity index (χ1v) is 8.72. The summed E-state index contributed by atoms with van der Waals surface area (Å²) >= 11 is 6.40. The van der Waals surface area contributed by atoms with Crippen LogP contribution in [0.15, 0.2) is 6.20 Å². The van der Waals surface area contributed by atoms with Gasteiger partial charge in [0.25, 0.3) is 0 Å². The SMILES string of the molecule is CCCNC(CCN(CC)CC)c1c(Cl)cnn1CCC. The minimum absolute atomic E-state index is 0.284. The zero-order valence-corrected chi connectivity index (χ0v) is 14.8. The molecular weight excluding hydrogens is 284 g/mol. The van der Waals surface area contributed by atoms with Crippen molar-refractivity contribution < 1.29 is 0 Å². The molecule has 1 aromatic heterocycles. The fraction of sp³-hybridized carbons (Fsp3) is 0.812. The van der Waals surface area contributed by atoms with E-state index in [2.05, 4.69) is 47.7 Å². The molecule has 0 radical (unpaired) electrons. The topological polar surface area (TPSA) is 33.1 Å². The minimum atomic E-state index is 0.284. The Hall–Kier alpha value is -0.580. The van der Waals surface area contributed by atoms with Gasteiger partial charge in [-0.25, -0.2) is 0 Å².